The summed E-state index contributed by atoms with van der Waals surface area (Å²) < 4.78 is 5.42. The topological polar surface area (TPSA) is 70.7 Å². The minimum absolute atomic E-state index is 0.259. The second-order valence-corrected chi connectivity index (χ2v) is 8.47. The third-order valence-electron chi connectivity index (χ3n) is 4.55. The zero-order chi connectivity index (χ0) is 21.0. The number of anilines is 1. The van der Waals surface area contributed by atoms with E-state index >= 15 is 0 Å². The quantitative estimate of drug-likeness (QED) is 0.700. The van der Waals surface area contributed by atoms with E-state index in [4.69, 9.17) is 16.3 Å². The van der Waals surface area contributed by atoms with Crippen molar-refractivity contribution >= 4 is 29.3 Å². The number of benzene rings is 2. The number of likely N-dealkylation sites (tertiary alicyclic amines) is 1. The summed E-state index contributed by atoms with van der Waals surface area (Å²) in [6.45, 7) is 5.95. The number of ether oxygens (including phenoxy) is 1. The molecule has 0 bridgehead atoms. The summed E-state index contributed by atoms with van der Waals surface area (Å²) in [4.78, 5) is 26.5. The molecule has 0 spiro atoms. The van der Waals surface area contributed by atoms with Crippen molar-refractivity contribution in [1.29, 1.82) is 0 Å². The molecule has 2 amide bonds. The molecule has 2 aromatic rings. The van der Waals surface area contributed by atoms with E-state index in [2.05, 4.69) is 10.9 Å². The molecule has 1 fully saturated rings. The van der Waals surface area contributed by atoms with Crippen LogP contribution in [0.3, 0.4) is 0 Å². The summed E-state index contributed by atoms with van der Waals surface area (Å²) in [5, 5.41) is 0.682. The standard InChI is InChI=1S/C22H26ClN3O3/c1-22(2,3)29-21(28)26-13-5-8-19(26)20(27)25-24-18-7-4-6-16(14-18)15-9-11-17(23)12-10-15/h4,6-7,9-12,14,19,24H,5,8,13H2,1-3H3,(H,25,27). The number of carbonyl (C=O) groups excluding carboxylic acids is 2. The molecule has 1 aliphatic heterocycles. The third kappa shape index (κ3) is 5.64. The molecule has 3 rings (SSSR count). The summed E-state index contributed by atoms with van der Waals surface area (Å²) in [5.41, 5.74) is 7.83. The molecule has 1 atom stereocenters. The van der Waals surface area contributed by atoms with Crippen molar-refractivity contribution in [3.8, 4) is 11.1 Å². The van der Waals surface area contributed by atoms with E-state index in [1.807, 2.05) is 69.3 Å². The summed E-state index contributed by atoms with van der Waals surface area (Å²) >= 11 is 5.95. The van der Waals surface area contributed by atoms with Gasteiger partial charge in [-0.25, -0.2) is 4.79 Å². The molecule has 1 aliphatic rings. The predicted octanol–water partition coefficient (Wildman–Crippen LogP) is 4.85. The lowest BCUT2D eigenvalue weighted by molar-refractivity contribution is -0.124. The van der Waals surface area contributed by atoms with Gasteiger partial charge in [0.1, 0.15) is 11.6 Å². The first-order valence-corrected chi connectivity index (χ1v) is 10.0. The van der Waals surface area contributed by atoms with Crippen LogP contribution in [0.25, 0.3) is 11.1 Å². The molecular weight excluding hydrogens is 390 g/mol. The molecule has 1 unspecified atom stereocenters. The number of halogens is 1. The molecule has 0 saturated carbocycles. The number of carbonyl (C=O) groups is 2. The Morgan fingerprint density at radius 3 is 2.52 bits per heavy atom. The lowest BCUT2D eigenvalue weighted by Gasteiger charge is -2.28. The average Bonchev–Trinajstić information content (AvgIpc) is 3.16. The smallest absolute Gasteiger partial charge is 0.410 e. The maximum absolute atomic E-state index is 12.7. The summed E-state index contributed by atoms with van der Waals surface area (Å²) in [6, 6.07) is 14.7. The normalized spacial score (nSPS) is 16.4. The summed E-state index contributed by atoms with van der Waals surface area (Å²) in [7, 11) is 0. The Morgan fingerprint density at radius 2 is 1.83 bits per heavy atom. The van der Waals surface area contributed by atoms with Crippen LogP contribution in [0.2, 0.25) is 5.02 Å². The van der Waals surface area contributed by atoms with Crippen LogP contribution in [0.1, 0.15) is 33.6 Å². The molecule has 0 aromatic heterocycles. The van der Waals surface area contributed by atoms with Crippen LogP contribution in [-0.4, -0.2) is 35.1 Å². The minimum Gasteiger partial charge on any atom is -0.444 e. The monoisotopic (exact) mass is 415 g/mol. The van der Waals surface area contributed by atoms with Gasteiger partial charge >= 0.3 is 6.09 Å². The molecule has 0 radical (unpaired) electrons. The van der Waals surface area contributed by atoms with Gasteiger partial charge in [0.15, 0.2) is 0 Å². The van der Waals surface area contributed by atoms with Crippen LogP contribution in [-0.2, 0) is 9.53 Å². The van der Waals surface area contributed by atoms with E-state index in [0.717, 1.165) is 23.2 Å². The minimum atomic E-state index is -0.596. The van der Waals surface area contributed by atoms with Crippen molar-refractivity contribution < 1.29 is 14.3 Å². The molecule has 2 N–H and O–H groups in total. The molecule has 2 aromatic carbocycles. The Bertz CT molecular complexity index is 878. The highest BCUT2D eigenvalue weighted by atomic mass is 35.5. The highest BCUT2D eigenvalue weighted by molar-refractivity contribution is 6.30. The Labute approximate surface area is 176 Å². The van der Waals surface area contributed by atoms with Gasteiger partial charge in [-0.15, -0.1) is 0 Å². The van der Waals surface area contributed by atoms with Gasteiger partial charge in [-0.1, -0.05) is 35.9 Å². The lowest BCUT2D eigenvalue weighted by Crippen LogP contribution is -2.48. The van der Waals surface area contributed by atoms with Crippen molar-refractivity contribution in [2.24, 2.45) is 0 Å². The van der Waals surface area contributed by atoms with Crippen molar-refractivity contribution in [3.63, 3.8) is 0 Å². The lowest BCUT2D eigenvalue weighted by atomic mass is 10.1. The first-order valence-electron chi connectivity index (χ1n) is 9.64. The molecule has 6 nitrogen and oxygen atoms in total. The Hall–Kier alpha value is -2.73. The van der Waals surface area contributed by atoms with Crippen molar-refractivity contribution in [3.05, 3.63) is 53.6 Å². The number of nitrogens with one attached hydrogen (secondary N) is 2. The van der Waals surface area contributed by atoms with Crippen LogP contribution < -0.4 is 10.9 Å². The highest BCUT2D eigenvalue weighted by Gasteiger charge is 2.36. The molecule has 1 saturated heterocycles. The Morgan fingerprint density at radius 1 is 1.10 bits per heavy atom. The largest absolute Gasteiger partial charge is 0.444 e. The van der Waals surface area contributed by atoms with Crippen LogP contribution in [0.15, 0.2) is 48.5 Å². The number of rotatable bonds is 4. The Balaban J connectivity index is 1.62. The number of amides is 2. The zero-order valence-corrected chi connectivity index (χ0v) is 17.6. The highest BCUT2D eigenvalue weighted by Crippen LogP contribution is 2.24. The van der Waals surface area contributed by atoms with Gasteiger partial charge in [0.25, 0.3) is 5.91 Å². The van der Waals surface area contributed by atoms with E-state index < -0.39 is 17.7 Å². The fourth-order valence-corrected chi connectivity index (χ4v) is 3.34. The van der Waals surface area contributed by atoms with Gasteiger partial charge in [0.2, 0.25) is 0 Å². The van der Waals surface area contributed by atoms with E-state index in [1.165, 1.54) is 4.90 Å². The van der Waals surface area contributed by atoms with Gasteiger partial charge in [-0.3, -0.25) is 20.5 Å². The number of hydrazine groups is 1. The summed E-state index contributed by atoms with van der Waals surface area (Å²) in [6.07, 6.45) is 0.918. The van der Waals surface area contributed by atoms with Crippen molar-refractivity contribution in [2.75, 3.05) is 12.0 Å². The number of nitrogens with zero attached hydrogens (tertiary/aromatic N) is 1. The molecule has 154 valence electrons. The van der Waals surface area contributed by atoms with Crippen LogP contribution >= 0.6 is 11.6 Å². The SMILES string of the molecule is CC(C)(C)OC(=O)N1CCCC1C(=O)NNc1cccc(-c2ccc(Cl)cc2)c1. The van der Waals surface area contributed by atoms with Gasteiger partial charge in [0.05, 0.1) is 5.69 Å². The van der Waals surface area contributed by atoms with Crippen LogP contribution in [0.5, 0.6) is 0 Å². The van der Waals surface area contributed by atoms with E-state index in [-0.39, 0.29) is 5.91 Å². The van der Waals surface area contributed by atoms with Gasteiger partial charge < -0.3 is 4.74 Å². The average molecular weight is 416 g/mol. The van der Waals surface area contributed by atoms with Crippen LogP contribution in [0, 0.1) is 0 Å². The van der Waals surface area contributed by atoms with E-state index in [9.17, 15) is 9.59 Å². The fourth-order valence-electron chi connectivity index (χ4n) is 3.21. The Kier molecular flexibility index (Phi) is 6.33. The maximum Gasteiger partial charge on any atom is 0.410 e. The van der Waals surface area contributed by atoms with Crippen molar-refractivity contribution in [1.82, 2.24) is 10.3 Å². The number of hydrogen-bond acceptors (Lipinski definition) is 4. The first-order chi connectivity index (χ1) is 13.7. The maximum atomic E-state index is 12.7. The first kappa shape index (κ1) is 21.0. The summed E-state index contributed by atoms with van der Waals surface area (Å²) in [5.74, 6) is -0.259. The van der Waals surface area contributed by atoms with E-state index in [1.54, 1.807) is 0 Å². The second-order valence-electron chi connectivity index (χ2n) is 8.03. The fraction of sp³-hybridized carbons (Fsp3) is 0.364. The van der Waals surface area contributed by atoms with E-state index in [0.29, 0.717) is 18.0 Å². The van der Waals surface area contributed by atoms with Crippen LogP contribution in [0.4, 0.5) is 10.5 Å². The van der Waals surface area contributed by atoms with Crippen molar-refractivity contribution in [2.45, 2.75) is 45.3 Å². The zero-order valence-electron chi connectivity index (χ0n) is 16.9. The van der Waals surface area contributed by atoms with Gasteiger partial charge in [-0.05, 0) is 69.0 Å². The van der Waals surface area contributed by atoms with Gasteiger partial charge in [0, 0.05) is 11.6 Å². The second kappa shape index (κ2) is 8.74. The number of hydrogen-bond donors (Lipinski definition) is 2. The predicted molar refractivity (Wildman–Crippen MR) is 115 cm³/mol. The molecule has 29 heavy (non-hydrogen) atoms. The molecule has 7 heteroatoms. The molecular formula is C22H26ClN3O3. The molecule has 0 aliphatic carbocycles. The van der Waals surface area contributed by atoms with Gasteiger partial charge in [-0.2, -0.15) is 0 Å². The third-order valence-corrected chi connectivity index (χ3v) is 4.81. The molecule has 1 heterocycles.